The molecule has 0 unspecified atom stereocenters. The highest BCUT2D eigenvalue weighted by molar-refractivity contribution is 7.92. The van der Waals surface area contributed by atoms with Crippen LogP contribution in [0.3, 0.4) is 0 Å². The summed E-state index contributed by atoms with van der Waals surface area (Å²) in [6.45, 7) is 6.93. The van der Waals surface area contributed by atoms with Crippen molar-refractivity contribution in [1.82, 2.24) is 10.2 Å². The molecule has 0 spiro atoms. The fourth-order valence-corrected chi connectivity index (χ4v) is 4.68. The molecule has 0 aromatic heterocycles. The lowest BCUT2D eigenvalue weighted by Crippen LogP contribution is -2.40. The molecule has 2 aromatic rings. The van der Waals surface area contributed by atoms with E-state index in [9.17, 15) is 13.2 Å². The van der Waals surface area contributed by atoms with E-state index in [1.54, 1.807) is 24.3 Å². The van der Waals surface area contributed by atoms with Crippen LogP contribution in [0.15, 0.2) is 48.5 Å². The van der Waals surface area contributed by atoms with Gasteiger partial charge in [-0.25, -0.2) is 8.42 Å². The van der Waals surface area contributed by atoms with Gasteiger partial charge < -0.3 is 10.1 Å². The van der Waals surface area contributed by atoms with Crippen LogP contribution in [-0.2, 0) is 27.9 Å². The van der Waals surface area contributed by atoms with Crippen LogP contribution < -0.4 is 14.4 Å². The minimum absolute atomic E-state index is 0.0409. The lowest BCUT2D eigenvalue weighted by Gasteiger charge is -2.23. The van der Waals surface area contributed by atoms with E-state index in [1.165, 1.54) is 18.4 Å². The molecule has 0 atom stereocenters. The second-order valence-electron chi connectivity index (χ2n) is 8.46. The molecule has 1 saturated heterocycles. The molecule has 1 fully saturated rings. The van der Waals surface area contributed by atoms with Gasteiger partial charge in [-0.15, -0.1) is 0 Å². The van der Waals surface area contributed by atoms with Gasteiger partial charge in [0.15, 0.2) is 0 Å². The highest BCUT2D eigenvalue weighted by atomic mass is 32.2. The Balaban J connectivity index is 1.67. The molecule has 1 aliphatic rings. The Bertz CT molecular complexity index is 1020. The van der Waals surface area contributed by atoms with E-state index >= 15 is 0 Å². The number of amides is 1. The van der Waals surface area contributed by atoms with Crippen LogP contribution >= 0.6 is 0 Å². The van der Waals surface area contributed by atoms with Crippen molar-refractivity contribution in [3.63, 3.8) is 0 Å². The number of carbonyl (C=O) groups is 1. The summed E-state index contributed by atoms with van der Waals surface area (Å²) < 4.78 is 31.6. The first kappa shape index (κ1) is 24.1. The zero-order valence-corrected chi connectivity index (χ0v) is 19.9. The van der Waals surface area contributed by atoms with Crippen LogP contribution in [0.5, 0.6) is 5.75 Å². The third kappa shape index (κ3) is 6.97. The van der Waals surface area contributed by atoms with Crippen LogP contribution in [0.1, 0.15) is 37.8 Å². The molecule has 0 bridgehead atoms. The van der Waals surface area contributed by atoms with Gasteiger partial charge in [-0.3, -0.25) is 14.0 Å². The molecule has 1 heterocycles. The lowest BCUT2D eigenvalue weighted by molar-refractivity contribution is -0.119. The Labute approximate surface area is 191 Å². The molecule has 174 valence electrons. The summed E-state index contributed by atoms with van der Waals surface area (Å²) in [6, 6.07) is 14.8. The van der Waals surface area contributed by atoms with Crippen LogP contribution in [0, 0.1) is 0 Å². The number of likely N-dealkylation sites (tertiary alicyclic amines) is 1. The van der Waals surface area contributed by atoms with Gasteiger partial charge in [-0.05, 0) is 63.0 Å². The Hall–Kier alpha value is -2.58. The molecule has 2 aromatic carbocycles. The zero-order valence-electron chi connectivity index (χ0n) is 19.1. The highest BCUT2D eigenvalue weighted by Gasteiger charge is 2.22. The number of benzene rings is 2. The average Bonchev–Trinajstić information content (AvgIpc) is 3.23. The number of sulfonamides is 1. The minimum atomic E-state index is -3.65. The van der Waals surface area contributed by atoms with Gasteiger partial charge in [0.1, 0.15) is 12.3 Å². The largest absolute Gasteiger partial charge is 0.491 e. The molecule has 0 radical (unpaired) electrons. The van der Waals surface area contributed by atoms with E-state index < -0.39 is 10.0 Å². The van der Waals surface area contributed by atoms with Crippen LogP contribution in [-0.4, -0.2) is 51.2 Å². The van der Waals surface area contributed by atoms with E-state index in [1.807, 2.05) is 32.0 Å². The predicted octanol–water partition coefficient (Wildman–Crippen LogP) is 3.15. The topological polar surface area (TPSA) is 79.0 Å². The first-order chi connectivity index (χ1) is 15.2. The van der Waals surface area contributed by atoms with Crippen molar-refractivity contribution < 1.29 is 17.9 Å². The molecular weight excluding hydrogens is 426 g/mol. The van der Waals surface area contributed by atoms with Crippen LogP contribution in [0.4, 0.5) is 5.69 Å². The normalized spacial score (nSPS) is 14.5. The summed E-state index contributed by atoms with van der Waals surface area (Å²) in [5.74, 6) is 0.198. The molecule has 7 nitrogen and oxygen atoms in total. The van der Waals surface area contributed by atoms with Crippen molar-refractivity contribution >= 4 is 21.6 Å². The van der Waals surface area contributed by atoms with Crippen molar-refractivity contribution in [2.45, 2.75) is 45.9 Å². The summed E-state index contributed by atoms with van der Waals surface area (Å²) in [4.78, 5) is 15.1. The maximum atomic E-state index is 12.7. The Morgan fingerprint density at radius 3 is 2.44 bits per heavy atom. The molecule has 1 N–H and O–H groups in total. The average molecular weight is 460 g/mol. The second-order valence-corrected chi connectivity index (χ2v) is 10.4. The Kier molecular flexibility index (Phi) is 8.15. The van der Waals surface area contributed by atoms with Crippen molar-refractivity contribution in [3.8, 4) is 5.75 Å². The van der Waals surface area contributed by atoms with Gasteiger partial charge in [-0.2, -0.15) is 0 Å². The van der Waals surface area contributed by atoms with Gasteiger partial charge in [0.2, 0.25) is 15.9 Å². The van der Waals surface area contributed by atoms with Crippen LogP contribution in [0.2, 0.25) is 0 Å². The molecule has 32 heavy (non-hydrogen) atoms. The number of anilines is 1. The fourth-order valence-electron chi connectivity index (χ4n) is 3.83. The van der Waals surface area contributed by atoms with Gasteiger partial charge >= 0.3 is 0 Å². The second kappa shape index (κ2) is 10.8. The van der Waals surface area contributed by atoms with Gasteiger partial charge in [0.25, 0.3) is 0 Å². The molecule has 3 rings (SSSR count). The first-order valence-corrected chi connectivity index (χ1v) is 12.9. The molecule has 0 aliphatic carbocycles. The minimum Gasteiger partial charge on any atom is -0.491 e. The van der Waals surface area contributed by atoms with E-state index in [0.29, 0.717) is 18.0 Å². The number of rotatable bonds is 10. The SMILES string of the molecule is CC(C)Oc1cccc(N(CC(=O)NCc2ccccc2CN2CCCC2)S(C)(=O)=O)c1. The standard InChI is InChI=1S/C24H33N3O4S/c1-19(2)31-23-12-8-11-22(15-23)27(32(3,29)30)18-24(28)25-16-20-9-4-5-10-21(20)17-26-13-6-7-14-26/h4-5,8-12,15,19H,6-7,13-14,16-18H2,1-3H3,(H,25,28). The van der Waals surface area contributed by atoms with E-state index in [4.69, 9.17) is 4.74 Å². The quantitative estimate of drug-likeness (QED) is 0.591. The summed E-state index contributed by atoms with van der Waals surface area (Å²) in [5.41, 5.74) is 2.63. The predicted molar refractivity (Wildman–Crippen MR) is 127 cm³/mol. The van der Waals surface area contributed by atoms with Crippen LogP contribution in [0.25, 0.3) is 0 Å². The van der Waals surface area contributed by atoms with Gasteiger partial charge in [0, 0.05) is 19.2 Å². The maximum absolute atomic E-state index is 12.7. The summed E-state index contributed by atoms with van der Waals surface area (Å²) in [5, 5.41) is 2.89. The van der Waals surface area contributed by atoms with Crippen molar-refractivity contribution in [2.24, 2.45) is 0 Å². The molecule has 0 saturated carbocycles. The summed E-state index contributed by atoms with van der Waals surface area (Å²) in [6.07, 6.45) is 3.51. The van der Waals surface area contributed by atoms with Gasteiger partial charge in [-0.1, -0.05) is 30.3 Å². The third-order valence-electron chi connectivity index (χ3n) is 5.35. The number of carbonyl (C=O) groups excluding carboxylic acids is 1. The van der Waals surface area contributed by atoms with Crippen molar-refractivity contribution in [2.75, 3.05) is 30.2 Å². The van der Waals surface area contributed by atoms with E-state index in [0.717, 1.165) is 35.8 Å². The molecule has 1 amide bonds. The Morgan fingerprint density at radius 2 is 1.78 bits per heavy atom. The number of nitrogens with one attached hydrogen (secondary N) is 1. The van der Waals surface area contributed by atoms with E-state index in [-0.39, 0.29) is 18.6 Å². The monoisotopic (exact) mass is 459 g/mol. The fraction of sp³-hybridized carbons (Fsp3) is 0.458. The number of nitrogens with zero attached hydrogens (tertiary/aromatic N) is 2. The summed E-state index contributed by atoms with van der Waals surface area (Å²) in [7, 11) is -3.65. The third-order valence-corrected chi connectivity index (χ3v) is 6.49. The summed E-state index contributed by atoms with van der Waals surface area (Å²) >= 11 is 0. The van der Waals surface area contributed by atoms with E-state index in [2.05, 4.69) is 16.3 Å². The maximum Gasteiger partial charge on any atom is 0.241 e. The number of hydrogen-bond donors (Lipinski definition) is 1. The number of hydrogen-bond acceptors (Lipinski definition) is 5. The molecular formula is C24H33N3O4S. The van der Waals surface area contributed by atoms with Crippen molar-refractivity contribution in [1.29, 1.82) is 0 Å². The zero-order chi connectivity index (χ0) is 23.1. The number of ether oxygens (including phenoxy) is 1. The smallest absolute Gasteiger partial charge is 0.241 e. The molecule has 8 heteroatoms. The Morgan fingerprint density at radius 1 is 1.09 bits per heavy atom. The van der Waals surface area contributed by atoms with Gasteiger partial charge in [0.05, 0.1) is 18.0 Å². The first-order valence-electron chi connectivity index (χ1n) is 11.0. The lowest BCUT2D eigenvalue weighted by atomic mass is 10.1. The highest BCUT2D eigenvalue weighted by Crippen LogP contribution is 2.24. The molecule has 1 aliphatic heterocycles. The van der Waals surface area contributed by atoms with Crippen molar-refractivity contribution in [3.05, 3.63) is 59.7 Å².